The van der Waals surface area contributed by atoms with Gasteiger partial charge < -0.3 is 0 Å². The zero-order chi connectivity index (χ0) is 4.99. The van der Waals surface area contributed by atoms with Crippen molar-refractivity contribution in [3.8, 4) is 0 Å². The highest BCUT2D eigenvalue weighted by Gasteiger charge is 1.86. The summed E-state index contributed by atoms with van der Waals surface area (Å²) in [6, 6.07) is 0. The molecule has 0 fully saturated rings. The van der Waals surface area contributed by atoms with Gasteiger partial charge in [-0.1, -0.05) is 0 Å². The predicted octanol–water partition coefficient (Wildman–Crippen LogP) is -1.09. The number of nitrogens with one attached hydrogen (secondary N) is 1. The van der Waals surface area contributed by atoms with Crippen LogP contribution in [0.15, 0.2) is 0 Å². The third-order valence-electron chi connectivity index (χ3n) is 0.305. The maximum absolute atomic E-state index is 9.87. The van der Waals surface area contributed by atoms with E-state index in [0.717, 1.165) is 0 Å². The molecular formula is C2H6N2OS. The molecule has 0 radical (unpaired) electrons. The number of hydrogen-bond donors (Lipinski definition) is 3. The number of carbonyl (C=O) groups is 1. The monoisotopic (exact) mass is 106 g/mol. The fourth-order valence-corrected chi connectivity index (χ4v) is 0.137. The van der Waals surface area contributed by atoms with Crippen LogP contribution in [0.4, 0.5) is 0 Å². The quantitative estimate of drug-likeness (QED) is 0.172. The van der Waals surface area contributed by atoms with Crippen LogP contribution in [0.3, 0.4) is 0 Å². The van der Waals surface area contributed by atoms with Gasteiger partial charge in [0.25, 0.3) is 0 Å². The van der Waals surface area contributed by atoms with Gasteiger partial charge in [0.05, 0.1) is 5.75 Å². The van der Waals surface area contributed by atoms with Crippen molar-refractivity contribution in [1.82, 2.24) is 5.43 Å². The normalized spacial score (nSPS) is 7.67. The molecule has 3 nitrogen and oxygen atoms in total. The van der Waals surface area contributed by atoms with Gasteiger partial charge in [-0.2, -0.15) is 12.6 Å². The molecule has 0 aliphatic heterocycles. The zero-order valence-corrected chi connectivity index (χ0v) is 4.03. The lowest BCUT2D eigenvalue weighted by Crippen LogP contribution is -2.30. The molecule has 0 unspecified atom stereocenters. The molecule has 0 heterocycles. The third kappa shape index (κ3) is 2.04. The van der Waals surface area contributed by atoms with Crippen LogP contribution in [0.25, 0.3) is 0 Å². The Hall–Kier alpha value is -0.220. The van der Waals surface area contributed by atoms with Crippen LogP contribution < -0.4 is 11.3 Å². The van der Waals surface area contributed by atoms with E-state index >= 15 is 0 Å². The number of nitrogens with two attached hydrogens (primary N) is 1. The van der Waals surface area contributed by atoms with Gasteiger partial charge in [-0.25, -0.2) is 5.84 Å². The number of amides is 1. The lowest BCUT2D eigenvalue weighted by atomic mass is 10.8. The molecule has 3 N–H and O–H groups in total. The Morgan fingerprint density at radius 3 is 2.50 bits per heavy atom. The zero-order valence-electron chi connectivity index (χ0n) is 3.14. The average molecular weight is 106 g/mol. The number of rotatable bonds is 1. The van der Waals surface area contributed by atoms with Crippen molar-refractivity contribution in [3.63, 3.8) is 0 Å². The summed E-state index contributed by atoms with van der Waals surface area (Å²) in [5.74, 6) is 4.52. The van der Waals surface area contributed by atoms with E-state index in [9.17, 15) is 4.79 Å². The van der Waals surface area contributed by atoms with Crippen molar-refractivity contribution in [1.29, 1.82) is 0 Å². The van der Waals surface area contributed by atoms with E-state index in [-0.39, 0.29) is 11.7 Å². The van der Waals surface area contributed by atoms with Crippen LogP contribution in [-0.4, -0.2) is 11.7 Å². The van der Waals surface area contributed by atoms with Crippen molar-refractivity contribution in [2.24, 2.45) is 5.84 Å². The Morgan fingerprint density at radius 1 is 2.00 bits per heavy atom. The van der Waals surface area contributed by atoms with Crippen molar-refractivity contribution in [2.75, 3.05) is 5.75 Å². The highest BCUT2D eigenvalue weighted by Crippen LogP contribution is 1.66. The van der Waals surface area contributed by atoms with Gasteiger partial charge in [-0.15, -0.1) is 0 Å². The number of hydrazine groups is 1. The molecule has 36 valence electrons. The minimum Gasteiger partial charge on any atom is -0.294 e. The summed E-state index contributed by atoms with van der Waals surface area (Å²) in [4.78, 5) is 9.87. The second kappa shape index (κ2) is 2.99. The number of thiol groups is 1. The Balaban J connectivity index is 2.99. The van der Waals surface area contributed by atoms with E-state index in [2.05, 4.69) is 18.5 Å². The summed E-state index contributed by atoms with van der Waals surface area (Å²) in [6.45, 7) is 0. The van der Waals surface area contributed by atoms with Crippen molar-refractivity contribution < 1.29 is 4.79 Å². The minimum atomic E-state index is -0.265. The van der Waals surface area contributed by atoms with E-state index in [1.165, 1.54) is 0 Å². The van der Waals surface area contributed by atoms with Crippen LogP contribution in [0.2, 0.25) is 0 Å². The van der Waals surface area contributed by atoms with Gasteiger partial charge >= 0.3 is 0 Å². The van der Waals surface area contributed by atoms with Crippen molar-refractivity contribution in [2.45, 2.75) is 0 Å². The van der Waals surface area contributed by atoms with Gasteiger partial charge in [0.1, 0.15) is 0 Å². The first-order chi connectivity index (χ1) is 2.81. The fraction of sp³-hybridized carbons (Fsp3) is 0.500. The molecule has 4 heteroatoms. The molecule has 0 saturated carbocycles. The molecule has 6 heavy (non-hydrogen) atoms. The van der Waals surface area contributed by atoms with E-state index in [0.29, 0.717) is 0 Å². The first-order valence-electron chi connectivity index (χ1n) is 1.41. The maximum atomic E-state index is 9.87. The molecule has 0 aromatic rings. The van der Waals surface area contributed by atoms with Gasteiger partial charge in [0.2, 0.25) is 5.91 Å². The molecule has 0 saturated heterocycles. The van der Waals surface area contributed by atoms with E-state index in [4.69, 9.17) is 0 Å². The highest BCUT2D eigenvalue weighted by molar-refractivity contribution is 7.81. The molecule has 0 aromatic heterocycles. The Kier molecular flexibility index (Phi) is 2.88. The summed E-state index contributed by atoms with van der Waals surface area (Å²) in [5.41, 5.74) is 1.90. The lowest BCUT2D eigenvalue weighted by molar-refractivity contribution is -0.118. The summed E-state index contributed by atoms with van der Waals surface area (Å²) >= 11 is 3.60. The topological polar surface area (TPSA) is 55.1 Å². The first-order valence-corrected chi connectivity index (χ1v) is 2.05. The van der Waals surface area contributed by atoms with Gasteiger partial charge in [-0.3, -0.25) is 10.2 Å². The molecule has 0 aliphatic carbocycles. The molecule has 0 aromatic carbocycles. The van der Waals surface area contributed by atoms with Crippen LogP contribution in [0, 0.1) is 0 Å². The van der Waals surface area contributed by atoms with E-state index < -0.39 is 0 Å². The van der Waals surface area contributed by atoms with Crippen LogP contribution in [0.5, 0.6) is 0 Å². The minimum absolute atomic E-state index is 0.149. The Bertz CT molecular complexity index is 49.5. The second-order valence-corrected chi connectivity index (χ2v) is 1.04. The van der Waals surface area contributed by atoms with Crippen molar-refractivity contribution in [3.05, 3.63) is 0 Å². The smallest absolute Gasteiger partial charge is 0.243 e. The molecule has 0 bridgehead atoms. The number of carbonyl (C=O) groups excluding carboxylic acids is 1. The summed E-state index contributed by atoms with van der Waals surface area (Å²) in [7, 11) is 0. The summed E-state index contributed by atoms with van der Waals surface area (Å²) in [5, 5.41) is 0. The van der Waals surface area contributed by atoms with E-state index in [1.54, 1.807) is 0 Å². The molecule has 0 spiro atoms. The molecule has 0 rings (SSSR count). The average Bonchev–Trinajstić information content (AvgIpc) is 1.65. The Morgan fingerprint density at radius 2 is 2.50 bits per heavy atom. The van der Waals surface area contributed by atoms with Gasteiger partial charge in [0.15, 0.2) is 0 Å². The van der Waals surface area contributed by atoms with Crippen LogP contribution in [-0.2, 0) is 4.79 Å². The molecule has 0 aliphatic rings. The molecular weight excluding hydrogens is 100 g/mol. The molecule has 1 amide bonds. The Labute approximate surface area is 41.3 Å². The summed E-state index contributed by atoms with van der Waals surface area (Å²) in [6.07, 6.45) is 0. The largest absolute Gasteiger partial charge is 0.294 e. The third-order valence-corrected chi connectivity index (χ3v) is 0.592. The lowest BCUT2D eigenvalue weighted by Gasteiger charge is -1.86. The first kappa shape index (κ1) is 5.78. The number of hydrogen-bond acceptors (Lipinski definition) is 3. The van der Waals surface area contributed by atoms with Crippen molar-refractivity contribution >= 4 is 18.5 Å². The summed E-state index contributed by atoms with van der Waals surface area (Å²) < 4.78 is 0. The fourth-order valence-electron chi connectivity index (χ4n) is 0.0456. The predicted molar refractivity (Wildman–Crippen MR) is 26.2 cm³/mol. The van der Waals surface area contributed by atoms with Gasteiger partial charge in [-0.05, 0) is 0 Å². The standard InChI is InChI=1S/C2H6N2OS/c3-4-2(5)1-6/h6H,1,3H2,(H,4,5). The van der Waals surface area contributed by atoms with Crippen LogP contribution >= 0.6 is 12.6 Å². The maximum Gasteiger partial charge on any atom is 0.243 e. The van der Waals surface area contributed by atoms with Gasteiger partial charge in [0, 0.05) is 0 Å². The highest BCUT2D eigenvalue weighted by atomic mass is 32.1. The molecule has 0 atom stereocenters. The second-order valence-electron chi connectivity index (χ2n) is 0.726. The van der Waals surface area contributed by atoms with E-state index in [1.807, 2.05) is 5.43 Å². The van der Waals surface area contributed by atoms with Crippen LogP contribution in [0.1, 0.15) is 0 Å². The SMILES string of the molecule is NNC(=O)CS.